The van der Waals surface area contributed by atoms with E-state index in [4.69, 9.17) is 40.5 Å². The first-order chi connectivity index (χ1) is 8.41. The summed E-state index contributed by atoms with van der Waals surface area (Å²) in [5.74, 6) is 0.421. The Morgan fingerprint density at radius 3 is 2.39 bits per heavy atom. The van der Waals surface area contributed by atoms with Crippen LogP contribution in [0.25, 0.3) is 0 Å². The van der Waals surface area contributed by atoms with E-state index in [1.165, 1.54) is 0 Å². The molecule has 1 aliphatic heterocycles. The fourth-order valence-electron chi connectivity index (χ4n) is 2.47. The zero-order chi connectivity index (χ0) is 13.4. The molecular weight excluding hydrogens is 291 g/mol. The monoisotopic (exact) mass is 306 g/mol. The fourth-order valence-corrected chi connectivity index (χ4v) is 3.12. The summed E-state index contributed by atoms with van der Waals surface area (Å²) in [4.78, 5) is 2.26. The molecule has 1 aliphatic rings. The lowest BCUT2D eigenvalue weighted by atomic mass is 9.87. The maximum atomic E-state index is 6.27. The minimum Gasteiger partial charge on any atom is -0.367 e. The number of benzene rings is 1. The molecule has 0 amide bonds. The topological polar surface area (TPSA) is 29.3 Å². The standard InChI is InChI=1S/C13H17Cl3N2/c1-7-8(2)18(4-3-12(7)17)13-6-10(15)9(14)5-11(13)16/h5-8,12H,3-4,17H2,1-2H3. The van der Waals surface area contributed by atoms with Gasteiger partial charge < -0.3 is 10.6 Å². The second kappa shape index (κ2) is 5.46. The van der Waals surface area contributed by atoms with Crippen LogP contribution < -0.4 is 10.6 Å². The number of anilines is 1. The molecule has 5 heteroatoms. The predicted molar refractivity (Wildman–Crippen MR) is 80.0 cm³/mol. The number of nitrogens with two attached hydrogens (primary N) is 1. The Balaban J connectivity index is 2.34. The summed E-state index contributed by atoms with van der Waals surface area (Å²) in [5, 5.41) is 1.66. The minimum absolute atomic E-state index is 0.248. The Labute approximate surface area is 123 Å². The molecule has 18 heavy (non-hydrogen) atoms. The maximum Gasteiger partial charge on any atom is 0.0655 e. The number of halogens is 3. The van der Waals surface area contributed by atoms with Crippen molar-refractivity contribution in [2.24, 2.45) is 11.7 Å². The van der Waals surface area contributed by atoms with Gasteiger partial charge in [0.05, 0.1) is 20.8 Å². The van der Waals surface area contributed by atoms with Gasteiger partial charge in [0.15, 0.2) is 0 Å². The Morgan fingerprint density at radius 2 is 1.72 bits per heavy atom. The van der Waals surface area contributed by atoms with E-state index in [2.05, 4.69) is 18.7 Å². The van der Waals surface area contributed by atoms with Crippen molar-refractivity contribution in [3.63, 3.8) is 0 Å². The number of piperidine rings is 1. The number of rotatable bonds is 1. The van der Waals surface area contributed by atoms with E-state index in [0.717, 1.165) is 18.7 Å². The first-order valence-electron chi connectivity index (χ1n) is 6.08. The van der Waals surface area contributed by atoms with E-state index < -0.39 is 0 Å². The molecule has 0 aliphatic carbocycles. The van der Waals surface area contributed by atoms with Gasteiger partial charge in [0, 0.05) is 18.6 Å². The van der Waals surface area contributed by atoms with Crippen LogP contribution in [0.5, 0.6) is 0 Å². The van der Waals surface area contributed by atoms with Gasteiger partial charge in [-0.15, -0.1) is 0 Å². The lowest BCUT2D eigenvalue weighted by Gasteiger charge is -2.43. The zero-order valence-corrected chi connectivity index (χ0v) is 12.7. The Bertz CT molecular complexity index is 450. The molecule has 0 bridgehead atoms. The summed E-state index contributed by atoms with van der Waals surface area (Å²) < 4.78 is 0. The molecule has 1 aromatic rings. The molecule has 2 N–H and O–H groups in total. The van der Waals surface area contributed by atoms with E-state index in [1.54, 1.807) is 6.07 Å². The third kappa shape index (κ3) is 2.57. The molecule has 3 unspecified atom stereocenters. The van der Waals surface area contributed by atoms with Gasteiger partial charge in [0.1, 0.15) is 0 Å². The quantitative estimate of drug-likeness (QED) is 0.788. The summed E-state index contributed by atoms with van der Waals surface area (Å²) in [6.07, 6.45) is 0.960. The molecule has 2 nitrogen and oxygen atoms in total. The Kier molecular flexibility index (Phi) is 4.32. The van der Waals surface area contributed by atoms with Crippen LogP contribution in [0, 0.1) is 5.92 Å². The summed E-state index contributed by atoms with van der Waals surface area (Å²) in [7, 11) is 0. The van der Waals surface area contributed by atoms with Crippen LogP contribution in [0.15, 0.2) is 12.1 Å². The van der Waals surface area contributed by atoms with Crippen LogP contribution in [0.2, 0.25) is 15.1 Å². The molecular formula is C13H17Cl3N2. The Hall–Kier alpha value is -0.150. The van der Waals surface area contributed by atoms with Crippen molar-refractivity contribution in [1.29, 1.82) is 0 Å². The highest BCUT2D eigenvalue weighted by atomic mass is 35.5. The van der Waals surface area contributed by atoms with Crippen LogP contribution >= 0.6 is 34.8 Å². The zero-order valence-electron chi connectivity index (χ0n) is 10.5. The molecule has 2 rings (SSSR count). The second-order valence-corrected chi connectivity index (χ2v) is 6.18. The van der Waals surface area contributed by atoms with E-state index in [0.29, 0.717) is 27.0 Å². The summed E-state index contributed by atoms with van der Waals surface area (Å²) in [6, 6.07) is 4.13. The van der Waals surface area contributed by atoms with Crippen molar-refractivity contribution in [2.75, 3.05) is 11.4 Å². The van der Waals surface area contributed by atoms with Crippen LogP contribution in [0.1, 0.15) is 20.3 Å². The average molecular weight is 308 g/mol. The first-order valence-corrected chi connectivity index (χ1v) is 7.22. The summed E-state index contributed by atoms with van der Waals surface area (Å²) >= 11 is 18.3. The largest absolute Gasteiger partial charge is 0.367 e. The molecule has 1 fully saturated rings. The van der Waals surface area contributed by atoms with Crippen molar-refractivity contribution < 1.29 is 0 Å². The van der Waals surface area contributed by atoms with Gasteiger partial charge in [-0.1, -0.05) is 41.7 Å². The first kappa shape index (κ1) is 14.3. The van der Waals surface area contributed by atoms with Crippen molar-refractivity contribution in [2.45, 2.75) is 32.4 Å². The van der Waals surface area contributed by atoms with Crippen LogP contribution in [-0.4, -0.2) is 18.6 Å². The van der Waals surface area contributed by atoms with Gasteiger partial charge in [0.2, 0.25) is 0 Å². The third-order valence-electron chi connectivity index (χ3n) is 3.93. The van der Waals surface area contributed by atoms with Crippen molar-refractivity contribution in [3.8, 4) is 0 Å². The smallest absolute Gasteiger partial charge is 0.0655 e. The van der Waals surface area contributed by atoms with Crippen molar-refractivity contribution in [1.82, 2.24) is 0 Å². The minimum atomic E-state index is 0.248. The van der Waals surface area contributed by atoms with Crippen molar-refractivity contribution in [3.05, 3.63) is 27.2 Å². The SMILES string of the molecule is CC1C(N)CCN(c2cc(Cl)c(Cl)cc2Cl)C1C. The van der Waals surface area contributed by atoms with E-state index in [-0.39, 0.29) is 6.04 Å². The molecule has 0 saturated carbocycles. The number of nitrogens with zero attached hydrogens (tertiary/aromatic N) is 1. The van der Waals surface area contributed by atoms with Gasteiger partial charge in [-0.3, -0.25) is 0 Å². The van der Waals surface area contributed by atoms with Crippen LogP contribution in [-0.2, 0) is 0 Å². The highest BCUT2D eigenvalue weighted by Crippen LogP contribution is 2.38. The molecule has 1 aromatic carbocycles. The molecule has 1 saturated heterocycles. The van der Waals surface area contributed by atoms with Gasteiger partial charge in [-0.05, 0) is 31.4 Å². The van der Waals surface area contributed by atoms with Crippen LogP contribution in [0.4, 0.5) is 5.69 Å². The predicted octanol–water partition coefficient (Wildman–Crippen LogP) is 4.21. The number of hydrogen-bond acceptors (Lipinski definition) is 2. The summed E-state index contributed by atoms with van der Waals surface area (Å²) in [5.41, 5.74) is 7.04. The molecule has 0 aromatic heterocycles. The van der Waals surface area contributed by atoms with E-state index >= 15 is 0 Å². The Morgan fingerprint density at radius 1 is 1.11 bits per heavy atom. The van der Waals surface area contributed by atoms with E-state index in [1.807, 2.05) is 6.07 Å². The van der Waals surface area contributed by atoms with Gasteiger partial charge in [0.25, 0.3) is 0 Å². The van der Waals surface area contributed by atoms with Gasteiger partial charge >= 0.3 is 0 Å². The second-order valence-electron chi connectivity index (χ2n) is 4.96. The lowest BCUT2D eigenvalue weighted by Crippen LogP contribution is -2.52. The van der Waals surface area contributed by atoms with Gasteiger partial charge in [-0.25, -0.2) is 0 Å². The van der Waals surface area contributed by atoms with Crippen molar-refractivity contribution >= 4 is 40.5 Å². The highest BCUT2D eigenvalue weighted by Gasteiger charge is 2.31. The lowest BCUT2D eigenvalue weighted by molar-refractivity contribution is 0.315. The van der Waals surface area contributed by atoms with Crippen LogP contribution in [0.3, 0.4) is 0 Å². The third-order valence-corrected chi connectivity index (χ3v) is 4.96. The number of hydrogen-bond donors (Lipinski definition) is 1. The van der Waals surface area contributed by atoms with E-state index in [9.17, 15) is 0 Å². The highest BCUT2D eigenvalue weighted by molar-refractivity contribution is 6.44. The van der Waals surface area contributed by atoms with Gasteiger partial charge in [-0.2, -0.15) is 0 Å². The summed E-state index contributed by atoms with van der Waals surface area (Å²) in [6.45, 7) is 5.24. The molecule has 1 heterocycles. The fraction of sp³-hybridized carbons (Fsp3) is 0.538. The molecule has 100 valence electrons. The normalized spacial score (nSPS) is 28.6. The maximum absolute atomic E-state index is 6.27. The molecule has 3 atom stereocenters. The molecule has 0 spiro atoms. The average Bonchev–Trinajstić information content (AvgIpc) is 2.32. The molecule has 0 radical (unpaired) electrons.